The molecular weight excluding hydrogens is 204 g/mol. The fourth-order valence-corrected chi connectivity index (χ4v) is 2.24. The van der Waals surface area contributed by atoms with E-state index in [-0.39, 0.29) is 18.6 Å². The van der Waals surface area contributed by atoms with Crippen LogP contribution in [0.2, 0.25) is 0 Å². The lowest BCUT2D eigenvalue weighted by molar-refractivity contribution is 0.0868. The van der Waals surface area contributed by atoms with Gasteiger partial charge in [-0.25, -0.2) is 0 Å². The maximum atomic E-state index is 9.44. The molecule has 1 atom stereocenters. The van der Waals surface area contributed by atoms with Gasteiger partial charge in [0.15, 0.2) is 0 Å². The summed E-state index contributed by atoms with van der Waals surface area (Å²) in [6, 6.07) is 0. The Kier molecular flexibility index (Phi) is 5.83. The lowest BCUT2D eigenvalue weighted by atomic mass is 9.72. The average Bonchev–Trinajstić information content (AvgIpc) is 2.31. The van der Waals surface area contributed by atoms with Crippen LogP contribution >= 0.6 is 0 Å². The van der Waals surface area contributed by atoms with Crippen molar-refractivity contribution < 1.29 is 15.3 Å². The van der Waals surface area contributed by atoms with Crippen LogP contribution in [0.3, 0.4) is 0 Å². The van der Waals surface area contributed by atoms with E-state index in [0.717, 1.165) is 12.8 Å². The van der Waals surface area contributed by atoms with Crippen LogP contribution in [0.4, 0.5) is 0 Å². The van der Waals surface area contributed by atoms with Gasteiger partial charge >= 0.3 is 0 Å². The second-order valence-corrected chi connectivity index (χ2v) is 4.74. The largest absolute Gasteiger partial charge is 0.396 e. The maximum absolute atomic E-state index is 9.44. The second-order valence-electron chi connectivity index (χ2n) is 4.74. The van der Waals surface area contributed by atoms with Crippen molar-refractivity contribution in [2.45, 2.75) is 51.0 Å². The van der Waals surface area contributed by atoms with Crippen molar-refractivity contribution in [2.24, 2.45) is 5.41 Å². The van der Waals surface area contributed by atoms with E-state index in [1.807, 2.05) is 0 Å². The quantitative estimate of drug-likeness (QED) is 0.628. The Morgan fingerprint density at radius 2 is 1.81 bits per heavy atom. The van der Waals surface area contributed by atoms with E-state index in [9.17, 15) is 10.2 Å². The minimum absolute atomic E-state index is 0.0375. The Morgan fingerprint density at radius 1 is 1.12 bits per heavy atom. The molecule has 0 aliphatic heterocycles. The summed E-state index contributed by atoms with van der Waals surface area (Å²) >= 11 is 0. The van der Waals surface area contributed by atoms with Gasteiger partial charge in [0.05, 0.1) is 0 Å². The highest BCUT2D eigenvalue weighted by Gasteiger charge is 2.30. The SMILES string of the molecule is OCCC(O)C#CCC1(CO)CCCCC1. The van der Waals surface area contributed by atoms with Gasteiger partial charge < -0.3 is 15.3 Å². The van der Waals surface area contributed by atoms with Crippen LogP contribution in [0.1, 0.15) is 44.9 Å². The Bertz CT molecular complexity index is 246. The van der Waals surface area contributed by atoms with Crippen LogP contribution in [0, 0.1) is 17.3 Å². The topological polar surface area (TPSA) is 60.7 Å². The molecule has 0 radical (unpaired) electrons. The van der Waals surface area contributed by atoms with Crippen LogP contribution < -0.4 is 0 Å². The van der Waals surface area contributed by atoms with Gasteiger partial charge in [0.2, 0.25) is 0 Å². The van der Waals surface area contributed by atoms with E-state index in [1.165, 1.54) is 19.3 Å². The van der Waals surface area contributed by atoms with Crippen molar-refractivity contribution >= 4 is 0 Å². The molecule has 92 valence electrons. The third-order valence-corrected chi connectivity index (χ3v) is 3.38. The first kappa shape index (κ1) is 13.5. The van der Waals surface area contributed by atoms with Gasteiger partial charge in [-0.3, -0.25) is 0 Å². The van der Waals surface area contributed by atoms with Crippen LogP contribution in [-0.4, -0.2) is 34.6 Å². The number of rotatable bonds is 4. The van der Waals surface area contributed by atoms with E-state index < -0.39 is 6.10 Å². The molecule has 3 heteroatoms. The zero-order valence-corrected chi connectivity index (χ0v) is 9.78. The molecule has 0 aromatic rings. The zero-order valence-electron chi connectivity index (χ0n) is 9.78. The van der Waals surface area contributed by atoms with Gasteiger partial charge in [0, 0.05) is 31.5 Å². The van der Waals surface area contributed by atoms with E-state index in [2.05, 4.69) is 11.8 Å². The van der Waals surface area contributed by atoms with Crippen molar-refractivity contribution in [1.82, 2.24) is 0 Å². The van der Waals surface area contributed by atoms with E-state index in [1.54, 1.807) is 0 Å². The summed E-state index contributed by atoms with van der Waals surface area (Å²) in [5.41, 5.74) is -0.0375. The summed E-state index contributed by atoms with van der Waals surface area (Å²) in [5.74, 6) is 5.68. The summed E-state index contributed by atoms with van der Waals surface area (Å²) in [6.45, 7) is 0.152. The van der Waals surface area contributed by atoms with Crippen LogP contribution in [0.5, 0.6) is 0 Å². The molecular formula is C13H22O3. The van der Waals surface area contributed by atoms with E-state index in [4.69, 9.17) is 5.11 Å². The van der Waals surface area contributed by atoms with Crippen molar-refractivity contribution in [2.75, 3.05) is 13.2 Å². The molecule has 0 amide bonds. The van der Waals surface area contributed by atoms with Gasteiger partial charge in [-0.05, 0) is 12.8 Å². The van der Waals surface area contributed by atoms with E-state index in [0.29, 0.717) is 12.8 Å². The monoisotopic (exact) mass is 226 g/mol. The first-order valence-electron chi connectivity index (χ1n) is 6.11. The van der Waals surface area contributed by atoms with Gasteiger partial charge in [-0.2, -0.15) is 0 Å². The molecule has 0 aromatic carbocycles. The lowest BCUT2D eigenvalue weighted by Crippen LogP contribution is -2.27. The van der Waals surface area contributed by atoms with Gasteiger partial charge in [-0.1, -0.05) is 31.1 Å². The van der Waals surface area contributed by atoms with E-state index >= 15 is 0 Å². The first-order chi connectivity index (χ1) is 7.72. The number of hydrogen-bond donors (Lipinski definition) is 3. The Balaban J connectivity index is 2.43. The third kappa shape index (κ3) is 4.13. The highest BCUT2D eigenvalue weighted by molar-refractivity contribution is 5.07. The summed E-state index contributed by atoms with van der Waals surface area (Å²) in [5, 5.41) is 27.4. The molecule has 1 aliphatic rings. The molecule has 1 unspecified atom stereocenters. The molecule has 0 aromatic heterocycles. The highest BCUT2D eigenvalue weighted by Crippen LogP contribution is 2.38. The lowest BCUT2D eigenvalue weighted by Gasteiger charge is -2.33. The third-order valence-electron chi connectivity index (χ3n) is 3.38. The highest BCUT2D eigenvalue weighted by atomic mass is 16.3. The predicted octanol–water partition coefficient (Wildman–Crippen LogP) is 1.07. The Morgan fingerprint density at radius 3 is 2.38 bits per heavy atom. The fourth-order valence-electron chi connectivity index (χ4n) is 2.24. The smallest absolute Gasteiger partial charge is 0.116 e. The summed E-state index contributed by atoms with van der Waals surface area (Å²) < 4.78 is 0. The van der Waals surface area contributed by atoms with Crippen LogP contribution in [0.25, 0.3) is 0 Å². The molecule has 3 nitrogen and oxygen atoms in total. The molecule has 1 aliphatic carbocycles. The zero-order chi connectivity index (χ0) is 11.9. The minimum atomic E-state index is -0.732. The minimum Gasteiger partial charge on any atom is -0.396 e. The molecule has 16 heavy (non-hydrogen) atoms. The summed E-state index contributed by atoms with van der Waals surface area (Å²) in [6.07, 6.45) is 5.89. The van der Waals surface area contributed by atoms with Crippen molar-refractivity contribution in [3.63, 3.8) is 0 Å². The Labute approximate surface area is 97.5 Å². The molecule has 0 heterocycles. The number of aliphatic hydroxyl groups is 3. The Hall–Kier alpha value is -0.560. The summed E-state index contributed by atoms with van der Waals surface area (Å²) in [7, 11) is 0. The van der Waals surface area contributed by atoms with Crippen molar-refractivity contribution in [3.05, 3.63) is 0 Å². The molecule has 0 bridgehead atoms. The van der Waals surface area contributed by atoms with Gasteiger partial charge in [-0.15, -0.1) is 0 Å². The number of hydrogen-bond acceptors (Lipinski definition) is 3. The first-order valence-corrected chi connectivity index (χ1v) is 6.11. The molecule has 1 saturated carbocycles. The molecule has 0 spiro atoms. The van der Waals surface area contributed by atoms with Crippen molar-refractivity contribution in [3.8, 4) is 11.8 Å². The van der Waals surface area contributed by atoms with Crippen molar-refractivity contribution in [1.29, 1.82) is 0 Å². The average molecular weight is 226 g/mol. The standard InChI is InChI=1S/C13H22O3/c14-10-6-12(16)5-4-9-13(11-15)7-2-1-3-8-13/h12,14-16H,1-3,6-11H2. The molecule has 0 saturated heterocycles. The second kappa shape index (κ2) is 6.90. The normalized spacial score (nSPS) is 20.9. The van der Waals surface area contributed by atoms with Crippen LogP contribution in [-0.2, 0) is 0 Å². The van der Waals surface area contributed by atoms with Gasteiger partial charge in [0.1, 0.15) is 6.10 Å². The summed E-state index contributed by atoms with van der Waals surface area (Å²) in [4.78, 5) is 0. The van der Waals surface area contributed by atoms with Gasteiger partial charge in [0.25, 0.3) is 0 Å². The predicted molar refractivity (Wildman–Crippen MR) is 62.7 cm³/mol. The van der Waals surface area contributed by atoms with Crippen LogP contribution in [0.15, 0.2) is 0 Å². The molecule has 1 rings (SSSR count). The number of aliphatic hydroxyl groups excluding tert-OH is 3. The fraction of sp³-hybridized carbons (Fsp3) is 0.846. The maximum Gasteiger partial charge on any atom is 0.116 e. The molecule has 1 fully saturated rings. The molecule has 3 N–H and O–H groups in total.